The lowest BCUT2D eigenvalue weighted by Crippen LogP contribution is -2.50. The Morgan fingerprint density at radius 1 is 1.38 bits per heavy atom. The maximum absolute atomic E-state index is 12.3. The van der Waals surface area contributed by atoms with Crippen molar-refractivity contribution in [2.75, 3.05) is 19.4 Å². The molecule has 0 saturated heterocycles. The zero-order valence-electron chi connectivity index (χ0n) is 12.4. The van der Waals surface area contributed by atoms with Gasteiger partial charge in [0.25, 0.3) is 5.91 Å². The highest BCUT2D eigenvalue weighted by atomic mass is 35.5. The third kappa shape index (κ3) is 3.36. The number of amides is 2. The summed E-state index contributed by atoms with van der Waals surface area (Å²) in [6.07, 6.45) is 1.96. The molecule has 0 spiro atoms. The van der Waals surface area contributed by atoms with Gasteiger partial charge in [0.15, 0.2) is 0 Å². The van der Waals surface area contributed by atoms with Gasteiger partial charge in [0.05, 0.1) is 16.1 Å². The minimum atomic E-state index is -0.884. The molecule has 0 aliphatic heterocycles. The number of nitrogens with two attached hydrogens (primary N) is 1. The second-order valence-corrected chi connectivity index (χ2v) is 6.31. The van der Waals surface area contributed by atoms with Gasteiger partial charge in [-0.05, 0) is 43.9 Å². The van der Waals surface area contributed by atoms with Crippen molar-refractivity contribution in [2.24, 2.45) is 11.7 Å². The molecule has 2 amide bonds. The van der Waals surface area contributed by atoms with Crippen molar-refractivity contribution in [3.05, 3.63) is 28.8 Å². The van der Waals surface area contributed by atoms with Gasteiger partial charge in [-0.1, -0.05) is 11.6 Å². The zero-order valence-corrected chi connectivity index (χ0v) is 13.2. The van der Waals surface area contributed by atoms with Crippen LogP contribution in [0.15, 0.2) is 18.2 Å². The topological polar surface area (TPSA) is 75.4 Å². The zero-order chi connectivity index (χ0) is 15.8. The highest BCUT2D eigenvalue weighted by Crippen LogP contribution is 2.38. The fraction of sp³-hybridized carbons (Fsp3) is 0.467. The highest BCUT2D eigenvalue weighted by molar-refractivity contribution is 6.34. The number of carbonyl (C=O) groups excluding carboxylic acids is 2. The van der Waals surface area contributed by atoms with Crippen molar-refractivity contribution in [2.45, 2.75) is 25.3 Å². The van der Waals surface area contributed by atoms with Gasteiger partial charge < -0.3 is 16.0 Å². The third-order valence-corrected chi connectivity index (χ3v) is 4.11. The van der Waals surface area contributed by atoms with Gasteiger partial charge in [-0.15, -0.1) is 0 Å². The Bertz CT molecular complexity index is 580. The van der Waals surface area contributed by atoms with E-state index in [1.165, 1.54) is 4.90 Å². The maximum atomic E-state index is 12.3. The highest BCUT2D eigenvalue weighted by Gasteiger charge is 2.44. The lowest BCUT2D eigenvalue weighted by atomic mass is 9.96. The number of rotatable bonds is 4. The molecule has 0 aromatic heterocycles. The van der Waals surface area contributed by atoms with Crippen LogP contribution >= 0.6 is 11.6 Å². The van der Waals surface area contributed by atoms with Crippen molar-refractivity contribution in [1.29, 1.82) is 0 Å². The van der Waals surface area contributed by atoms with E-state index >= 15 is 0 Å². The van der Waals surface area contributed by atoms with Crippen LogP contribution in [0.25, 0.3) is 0 Å². The number of anilines is 1. The van der Waals surface area contributed by atoms with Crippen LogP contribution in [0.4, 0.5) is 5.69 Å². The second-order valence-electron chi connectivity index (χ2n) is 5.91. The molecule has 6 heteroatoms. The van der Waals surface area contributed by atoms with Gasteiger partial charge in [-0.3, -0.25) is 9.59 Å². The molecule has 1 aromatic rings. The Labute approximate surface area is 129 Å². The SMILES string of the molecule is CN(C)C(=O)c1cc(NC(=O)C(C)(N)C2CC2)ccc1Cl. The molecule has 0 radical (unpaired) electrons. The smallest absolute Gasteiger partial charge is 0.254 e. The van der Waals surface area contributed by atoms with Crippen molar-refractivity contribution in [3.8, 4) is 0 Å². The molecule has 21 heavy (non-hydrogen) atoms. The molecule has 5 nitrogen and oxygen atoms in total. The predicted molar refractivity (Wildman–Crippen MR) is 83.4 cm³/mol. The summed E-state index contributed by atoms with van der Waals surface area (Å²) in [7, 11) is 3.29. The first-order valence-electron chi connectivity index (χ1n) is 6.85. The van der Waals surface area contributed by atoms with Gasteiger partial charge in [0.2, 0.25) is 5.91 Å². The molecular formula is C15H20ClN3O2. The first-order chi connectivity index (χ1) is 9.73. The average molecular weight is 310 g/mol. The van der Waals surface area contributed by atoms with Crippen LogP contribution in [0.2, 0.25) is 5.02 Å². The Morgan fingerprint density at radius 3 is 2.52 bits per heavy atom. The number of hydrogen-bond donors (Lipinski definition) is 2. The van der Waals surface area contributed by atoms with E-state index in [2.05, 4.69) is 5.32 Å². The maximum Gasteiger partial charge on any atom is 0.254 e. The summed E-state index contributed by atoms with van der Waals surface area (Å²) < 4.78 is 0. The normalized spacial score (nSPS) is 17.0. The van der Waals surface area contributed by atoms with E-state index in [0.29, 0.717) is 16.3 Å². The molecule has 1 unspecified atom stereocenters. The van der Waals surface area contributed by atoms with E-state index in [9.17, 15) is 9.59 Å². The minimum absolute atomic E-state index is 0.214. The lowest BCUT2D eigenvalue weighted by Gasteiger charge is -2.23. The first-order valence-corrected chi connectivity index (χ1v) is 7.23. The number of benzene rings is 1. The summed E-state index contributed by atoms with van der Waals surface area (Å²) >= 11 is 6.04. The second kappa shape index (κ2) is 5.66. The largest absolute Gasteiger partial charge is 0.345 e. The standard InChI is InChI=1S/C15H20ClN3O2/c1-15(17,9-4-5-9)14(21)18-10-6-7-12(16)11(8-10)13(20)19(2)3/h6-9H,4-5,17H2,1-3H3,(H,18,21). The quantitative estimate of drug-likeness (QED) is 0.894. The number of hydrogen-bond acceptors (Lipinski definition) is 3. The number of nitrogens with one attached hydrogen (secondary N) is 1. The summed E-state index contributed by atoms with van der Waals surface area (Å²) in [4.78, 5) is 25.7. The fourth-order valence-electron chi connectivity index (χ4n) is 2.14. The molecular weight excluding hydrogens is 290 g/mol. The molecule has 0 bridgehead atoms. The monoisotopic (exact) mass is 309 g/mol. The first kappa shape index (κ1) is 15.8. The van der Waals surface area contributed by atoms with Gasteiger partial charge in [-0.2, -0.15) is 0 Å². The average Bonchev–Trinajstić information content (AvgIpc) is 3.24. The van der Waals surface area contributed by atoms with Crippen LogP contribution in [0.5, 0.6) is 0 Å². The molecule has 1 aromatic carbocycles. The van der Waals surface area contributed by atoms with E-state index in [0.717, 1.165) is 12.8 Å². The van der Waals surface area contributed by atoms with E-state index in [1.807, 2.05) is 0 Å². The number of carbonyl (C=O) groups is 2. The summed E-state index contributed by atoms with van der Waals surface area (Å²) in [5.74, 6) is -0.225. The molecule has 3 N–H and O–H groups in total. The van der Waals surface area contributed by atoms with Crippen LogP contribution in [-0.2, 0) is 4.79 Å². The van der Waals surface area contributed by atoms with Crippen molar-refractivity contribution >= 4 is 29.1 Å². The molecule has 1 aliphatic rings. The molecule has 2 rings (SSSR count). The Morgan fingerprint density at radius 2 is 2.00 bits per heavy atom. The van der Waals surface area contributed by atoms with Crippen LogP contribution in [-0.4, -0.2) is 36.3 Å². The Kier molecular flexibility index (Phi) is 4.25. The van der Waals surface area contributed by atoms with Gasteiger partial charge in [0.1, 0.15) is 0 Å². The van der Waals surface area contributed by atoms with E-state index in [1.54, 1.807) is 39.2 Å². The molecule has 1 fully saturated rings. The van der Waals surface area contributed by atoms with E-state index in [4.69, 9.17) is 17.3 Å². The molecule has 1 atom stereocenters. The van der Waals surface area contributed by atoms with Crippen LogP contribution in [0, 0.1) is 5.92 Å². The Balaban J connectivity index is 2.19. The molecule has 114 valence electrons. The third-order valence-electron chi connectivity index (χ3n) is 3.78. The van der Waals surface area contributed by atoms with Crippen molar-refractivity contribution in [3.63, 3.8) is 0 Å². The molecule has 0 heterocycles. The van der Waals surface area contributed by atoms with Crippen LogP contribution in [0.1, 0.15) is 30.1 Å². The van der Waals surface area contributed by atoms with Crippen LogP contribution in [0.3, 0.4) is 0 Å². The Hall–Kier alpha value is -1.59. The summed E-state index contributed by atoms with van der Waals surface area (Å²) in [5.41, 5.74) is 6.06. The molecule has 1 saturated carbocycles. The van der Waals surface area contributed by atoms with Crippen LogP contribution < -0.4 is 11.1 Å². The number of halogens is 1. The van der Waals surface area contributed by atoms with Gasteiger partial charge >= 0.3 is 0 Å². The summed E-state index contributed by atoms with van der Waals surface area (Å²) in [6, 6.07) is 4.83. The van der Waals surface area contributed by atoms with E-state index < -0.39 is 5.54 Å². The lowest BCUT2D eigenvalue weighted by molar-refractivity contribution is -0.121. The minimum Gasteiger partial charge on any atom is -0.345 e. The van der Waals surface area contributed by atoms with Crippen molar-refractivity contribution < 1.29 is 9.59 Å². The van der Waals surface area contributed by atoms with E-state index in [-0.39, 0.29) is 17.7 Å². The van der Waals surface area contributed by atoms with Crippen molar-refractivity contribution in [1.82, 2.24) is 4.90 Å². The summed E-state index contributed by atoms with van der Waals surface area (Å²) in [6.45, 7) is 1.74. The number of nitrogens with zero attached hydrogens (tertiary/aromatic N) is 1. The molecule has 1 aliphatic carbocycles. The van der Waals surface area contributed by atoms with Gasteiger partial charge in [-0.25, -0.2) is 0 Å². The fourth-order valence-corrected chi connectivity index (χ4v) is 2.34. The predicted octanol–water partition coefficient (Wildman–Crippen LogP) is 2.11. The summed E-state index contributed by atoms with van der Waals surface area (Å²) in [5, 5.41) is 3.12. The van der Waals surface area contributed by atoms with Gasteiger partial charge in [0, 0.05) is 19.8 Å².